The van der Waals surface area contributed by atoms with E-state index in [0.717, 1.165) is 25.7 Å². The second-order valence-electron chi connectivity index (χ2n) is 5.10. The number of hydrogen-bond acceptors (Lipinski definition) is 3. The minimum absolute atomic E-state index is 0.488. The standard InChI is InChI=1S/C12H21N3/c1-2-14-11-3-5-12(6-4-11)7-8-15(9-12)10-13/h11,14H,2-9H2,1H3. The highest BCUT2D eigenvalue weighted by molar-refractivity contribution is 4.97. The minimum atomic E-state index is 0.488. The molecule has 0 unspecified atom stereocenters. The molecule has 2 fully saturated rings. The Kier molecular flexibility index (Phi) is 3.16. The van der Waals surface area contributed by atoms with Gasteiger partial charge in [0.25, 0.3) is 0 Å². The molecule has 1 spiro atoms. The van der Waals surface area contributed by atoms with Crippen molar-refractivity contribution < 1.29 is 0 Å². The Morgan fingerprint density at radius 2 is 2.13 bits per heavy atom. The van der Waals surface area contributed by atoms with Crippen molar-refractivity contribution in [3.63, 3.8) is 0 Å². The molecule has 3 heteroatoms. The van der Waals surface area contributed by atoms with Gasteiger partial charge in [-0.15, -0.1) is 0 Å². The summed E-state index contributed by atoms with van der Waals surface area (Å²) in [6.45, 7) is 5.27. The van der Waals surface area contributed by atoms with Gasteiger partial charge in [-0.2, -0.15) is 5.26 Å². The molecule has 1 N–H and O–H groups in total. The predicted molar refractivity (Wildman–Crippen MR) is 60.2 cm³/mol. The summed E-state index contributed by atoms with van der Waals surface area (Å²) in [6.07, 6.45) is 8.74. The molecule has 84 valence electrons. The van der Waals surface area contributed by atoms with Crippen LogP contribution >= 0.6 is 0 Å². The molecule has 1 saturated carbocycles. The lowest BCUT2D eigenvalue weighted by molar-refractivity contribution is 0.174. The smallest absolute Gasteiger partial charge is 0.179 e. The van der Waals surface area contributed by atoms with E-state index in [2.05, 4.69) is 18.4 Å². The Bertz CT molecular complexity index is 248. The Morgan fingerprint density at radius 1 is 1.40 bits per heavy atom. The third kappa shape index (κ3) is 2.26. The summed E-state index contributed by atoms with van der Waals surface area (Å²) in [5, 5.41) is 12.4. The van der Waals surface area contributed by atoms with Crippen LogP contribution in [0.25, 0.3) is 0 Å². The van der Waals surface area contributed by atoms with Gasteiger partial charge >= 0.3 is 0 Å². The van der Waals surface area contributed by atoms with Gasteiger partial charge in [0.15, 0.2) is 6.19 Å². The molecule has 1 aliphatic carbocycles. The van der Waals surface area contributed by atoms with Gasteiger partial charge < -0.3 is 10.2 Å². The monoisotopic (exact) mass is 207 g/mol. The number of hydrogen-bond donors (Lipinski definition) is 1. The Morgan fingerprint density at radius 3 is 2.67 bits per heavy atom. The molecule has 0 aromatic rings. The van der Waals surface area contributed by atoms with Crippen LogP contribution in [0.3, 0.4) is 0 Å². The van der Waals surface area contributed by atoms with Crippen LogP contribution in [0.15, 0.2) is 0 Å². The van der Waals surface area contributed by atoms with Crippen LogP contribution in [0.4, 0.5) is 0 Å². The van der Waals surface area contributed by atoms with E-state index in [1.165, 1.54) is 32.1 Å². The first-order valence-corrected chi connectivity index (χ1v) is 6.16. The SMILES string of the molecule is CCNC1CCC2(CC1)CCN(C#N)C2. The van der Waals surface area contributed by atoms with E-state index in [9.17, 15) is 0 Å². The highest BCUT2D eigenvalue weighted by atomic mass is 15.1. The summed E-state index contributed by atoms with van der Waals surface area (Å²) in [6, 6.07) is 0.733. The van der Waals surface area contributed by atoms with Crippen LogP contribution in [0.1, 0.15) is 39.0 Å². The van der Waals surface area contributed by atoms with Crippen molar-refractivity contribution in [1.82, 2.24) is 10.2 Å². The molecule has 15 heavy (non-hydrogen) atoms. The van der Waals surface area contributed by atoms with Crippen molar-refractivity contribution in [3.8, 4) is 6.19 Å². The molecule has 0 bridgehead atoms. The summed E-state index contributed by atoms with van der Waals surface area (Å²) >= 11 is 0. The molecule has 3 nitrogen and oxygen atoms in total. The van der Waals surface area contributed by atoms with Crippen LogP contribution in [0.5, 0.6) is 0 Å². The van der Waals surface area contributed by atoms with Crippen LogP contribution in [0, 0.1) is 16.9 Å². The highest BCUT2D eigenvalue weighted by Gasteiger charge is 2.40. The van der Waals surface area contributed by atoms with Gasteiger partial charge in [0.05, 0.1) is 0 Å². The molecule has 0 atom stereocenters. The summed E-state index contributed by atoms with van der Waals surface area (Å²) in [5.41, 5.74) is 0.488. The summed E-state index contributed by atoms with van der Waals surface area (Å²) < 4.78 is 0. The lowest BCUT2D eigenvalue weighted by Crippen LogP contribution is -2.38. The zero-order valence-electron chi connectivity index (χ0n) is 9.63. The van der Waals surface area contributed by atoms with Crippen molar-refractivity contribution in [1.29, 1.82) is 5.26 Å². The van der Waals surface area contributed by atoms with Gasteiger partial charge in [0.1, 0.15) is 0 Å². The number of nitrogens with one attached hydrogen (secondary N) is 1. The van der Waals surface area contributed by atoms with Crippen molar-refractivity contribution >= 4 is 0 Å². The van der Waals surface area contributed by atoms with Crippen LogP contribution < -0.4 is 5.32 Å². The molecule has 0 radical (unpaired) electrons. The summed E-state index contributed by atoms with van der Waals surface area (Å²) in [4.78, 5) is 1.94. The Labute approximate surface area is 92.4 Å². The molecule has 2 rings (SSSR count). The number of rotatable bonds is 2. The average Bonchev–Trinajstić information content (AvgIpc) is 2.66. The fourth-order valence-corrected chi connectivity index (χ4v) is 3.15. The average molecular weight is 207 g/mol. The van der Waals surface area contributed by atoms with Gasteiger partial charge in [0, 0.05) is 19.1 Å². The van der Waals surface area contributed by atoms with Gasteiger partial charge in [-0.1, -0.05) is 6.92 Å². The molecule has 1 heterocycles. The fourth-order valence-electron chi connectivity index (χ4n) is 3.15. The van der Waals surface area contributed by atoms with E-state index in [4.69, 9.17) is 5.26 Å². The number of nitriles is 1. The van der Waals surface area contributed by atoms with Gasteiger partial charge in [-0.05, 0) is 44.1 Å². The Balaban J connectivity index is 1.85. The first-order chi connectivity index (χ1) is 7.28. The molecular formula is C12H21N3. The maximum Gasteiger partial charge on any atom is 0.179 e. The second-order valence-corrected chi connectivity index (χ2v) is 5.10. The van der Waals surface area contributed by atoms with Crippen molar-refractivity contribution in [2.24, 2.45) is 5.41 Å². The normalized spacial score (nSPS) is 35.7. The molecular weight excluding hydrogens is 186 g/mol. The van der Waals surface area contributed by atoms with Crippen molar-refractivity contribution in [3.05, 3.63) is 0 Å². The van der Waals surface area contributed by atoms with E-state index in [-0.39, 0.29) is 0 Å². The second kappa shape index (κ2) is 4.40. The zero-order valence-corrected chi connectivity index (χ0v) is 9.63. The van der Waals surface area contributed by atoms with Crippen LogP contribution in [0.2, 0.25) is 0 Å². The molecule has 0 amide bonds. The third-order valence-electron chi connectivity index (χ3n) is 4.12. The number of nitrogens with zero attached hydrogens (tertiary/aromatic N) is 2. The Hall–Kier alpha value is -0.750. The first kappa shape index (κ1) is 10.8. The zero-order chi connectivity index (χ0) is 10.7. The highest BCUT2D eigenvalue weighted by Crippen LogP contribution is 2.43. The summed E-state index contributed by atoms with van der Waals surface area (Å²) in [7, 11) is 0. The first-order valence-electron chi connectivity index (χ1n) is 6.16. The topological polar surface area (TPSA) is 39.1 Å². The lowest BCUT2D eigenvalue weighted by atomic mass is 9.72. The van der Waals surface area contributed by atoms with Crippen LogP contribution in [-0.4, -0.2) is 30.6 Å². The van der Waals surface area contributed by atoms with E-state index >= 15 is 0 Å². The van der Waals surface area contributed by atoms with Crippen LogP contribution in [-0.2, 0) is 0 Å². The largest absolute Gasteiger partial charge is 0.314 e. The van der Waals surface area contributed by atoms with E-state index in [0.29, 0.717) is 5.41 Å². The van der Waals surface area contributed by atoms with Gasteiger partial charge in [-0.25, -0.2) is 0 Å². The summed E-state index contributed by atoms with van der Waals surface area (Å²) in [5.74, 6) is 0. The lowest BCUT2D eigenvalue weighted by Gasteiger charge is -2.37. The van der Waals surface area contributed by atoms with Crippen molar-refractivity contribution in [2.75, 3.05) is 19.6 Å². The minimum Gasteiger partial charge on any atom is -0.314 e. The maximum atomic E-state index is 8.88. The number of likely N-dealkylation sites (tertiary alicyclic amines) is 1. The van der Waals surface area contributed by atoms with Gasteiger partial charge in [0.2, 0.25) is 0 Å². The van der Waals surface area contributed by atoms with E-state index in [1.54, 1.807) is 0 Å². The fraction of sp³-hybridized carbons (Fsp3) is 0.917. The maximum absolute atomic E-state index is 8.88. The predicted octanol–water partition coefficient (Wildman–Crippen LogP) is 1.71. The quantitative estimate of drug-likeness (QED) is 0.701. The molecule has 1 aliphatic heterocycles. The van der Waals surface area contributed by atoms with E-state index in [1.807, 2.05) is 4.90 Å². The van der Waals surface area contributed by atoms with E-state index < -0.39 is 0 Å². The molecule has 0 aromatic carbocycles. The molecule has 0 aromatic heterocycles. The van der Waals surface area contributed by atoms with Gasteiger partial charge in [-0.3, -0.25) is 0 Å². The molecule has 1 saturated heterocycles. The van der Waals surface area contributed by atoms with Crippen molar-refractivity contribution in [2.45, 2.75) is 45.1 Å². The molecule has 2 aliphatic rings. The third-order valence-corrected chi connectivity index (χ3v) is 4.12.